The van der Waals surface area contributed by atoms with Gasteiger partial charge in [0.15, 0.2) is 0 Å². The van der Waals surface area contributed by atoms with Gasteiger partial charge in [-0.15, -0.1) is 0 Å². The van der Waals surface area contributed by atoms with Crippen molar-refractivity contribution in [3.63, 3.8) is 0 Å². The number of sulfonamides is 1. The van der Waals surface area contributed by atoms with Crippen LogP contribution in [0.4, 0.5) is 5.69 Å². The molecule has 1 rings (SSSR count). The number of esters is 1. The Labute approximate surface area is 106 Å². The van der Waals surface area contributed by atoms with Crippen LogP contribution in [0.25, 0.3) is 0 Å². The van der Waals surface area contributed by atoms with Gasteiger partial charge in [-0.25, -0.2) is 8.42 Å². The van der Waals surface area contributed by atoms with Crippen LogP contribution in [0.3, 0.4) is 0 Å². The standard InChI is InChI=1S/C11H16N2O4S/c1-9-8-10(5-6-12-9)13-18(15,16)7-3-4-11(14)17-2/h5-6,8H,3-4,7H2,1-2H3,(H,12,13). The van der Waals surface area contributed by atoms with E-state index in [1.807, 2.05) is 0 Å². The second kappa shape index (κ2) is 6.34. The van der Waals surface area contributed by atoms with Crippen LogP contribution in [-0.2, 0) is 19.6 Å². The molecule has 0 unspecified atom stereocenters. The summed E-state index contributed by atoms with van der Waals surface area (Å²) in [4.78, 5) is 14.8. The summed E-state index contributed by atoms with van der Waals surface area (Å²) in [6.45, 7) is 1.77. The molecule has 0 amide bonds. The molecule has 1 aromatic heterocycles. The van der Waals surface area contributed by atoms with Gasteiger partial charge in [0.05, 0.1) is 18.6 Å². The zero-order chi connectivity index (χ0) is 13.6. The molecule has 0 fully saturated rings. The summed E-state index contributed by atoms with van der Waals surface area (Å²) in [5.41, 5.74) is 1.20. The molecule has 0 aromatic carbocycles. The van der Waals surface area contributed by atoms with E-state index in [0.717, 1.165) is 5.69 Å². The van der Waals surface area contributed by atoms with Gasteiger partial charge in [0, 0.05) is 18.3 Å². The maximum absolute atomic E-state index is 11.7. The van der Waals surface area contributed by atoms with E-state index in [1.165, 1.54) is 13.3 Å². The van der Waals surface area contributed by atoms with Crippen molar-refractivity contribution in [2.75, 3.05) is 17.6 Å². The van der Waals surface area contributed by atoms with Gasteiger partial charge >= 0.3 is 5.97 Å². The number of carbonyl (C=O) groups excluding carboxylic acids is 1. The van der Waals surface area contributed by atoms with Crippen LogP contribution in [0.5, 0.6) is 0 Å². The predicted octanol–water partition coefficient (Wildman–Crippen LogP) is 1.08. The van der Waals surface area contributed by atoms with Crippen molar-refractivity contribution in [3.8, 4) is 0 Å². The molecule has 7 heteroatoms. The molecule has 0 bridgehead atoms. The molecule has 18 heavy (non-hydrogen) atoms. The van der Waals surface area contributed by atoms with Crippen LogP contribution in [0, 0.1) is 6.92 Å². The lowest BCUT2D eigenvalue weighted by molar-refractivity contribution is -0.140. The molecule has 0 aliphatic heterocycles. The Kier molecular flexibility index (Phi) is 5.08. The summed E-state index contributed by atoms with van der Waals surface area (Å²) in [6.07, 6.45) is 1.85. The zero-order valence-corrected chi connectivity index (χ0v) is 11.2. The fourth-order valence-electron chi connectivity index (χ4n) is 1.35. The number of rotatable bonds is 6. The highest BCUT2D eigenvalue weighted by atomic mass is 32.2. The third kappa shape index (κ3) is 5.13. The fraction of sp³-hybridized carbons (Fsp3) is 0.455. The summed E-state index contributed by atoms with van der Waals surface area (Å²) in [5, 5.41) is 0. The van der Waals surface area contributed by atoms with Gasteiger partial charge in [-0.05, 0) is 25.5 Å². The van der Waals surface area contributed by atoms with Crippen LogP contribution in [0.2, 0.25) is 0 Å². The number of aromatic nitrogens is 1. The number of methoxy groups -OCH3 is 1. The van der Waals surface area contributed by atoms with E-state index in [9.17, 15) is 13.2 Å². The number of hydrogen-bond donors (Lipinski definition) is 1. The van der Waals surface area contributed by atoms with Crippen LogP contribution in [-0.4, -0.2) is 32.2 Å². The van der Waals surface area contributed by atoms with Crippen molar-refractivity contribution in [3.05, 3.63) is 24.0 Å². The van der Waals surface area contributed by atoms with Crippen molar-refractivity contribution in [1.82, 2.24) is 4.98 Å². The molecule has 0 atom stereocenters. The second-order valence-electron chi connectivity index (χ2n) is 3.79. The Morgan fingerprint density at radius 3 is 2.83 bits per heavy atom. The third-order valence-corrected chi connectivity index (χ3v) is 3.56. The van der Waals surface area contributed by atoms with E-state index in [0.29, 0.717) is 5.69 Å². The predicted molar refractivity (Wildman–Crippen MR) is 67.6 cm³/mol. The normalized spacial score (nSPS) is 11.0. The summed E-state index contributed by atoms with van der Waals surface area (Å²) in [5.74, 6) is -0.534. The second-order valence-corrected chi connectivity index (χ2v) is 5.63. The highest BCUT2D eigenvalue weighted by Gasteiger charge is 2.12. The summed E-state index contributed by atoms with van der Waals surface area (Å²) < 4.78 is 30.3. The minimum atomic E-state index is -3.44. The molecule has 100 valence electrons. The lowest BCUT2D eigenvalue weighted by Crippen LogP contribution is -2.17. The largest absolute Gasteiger partial charge is 0.469 e. The number of carbonyl (C=O) groups is 1. The number of ether oxygens (including phenoxy) is 1. The smallest absolute Gasteiger partial charge is 0.305 e. The number of anilines is 1. The average molecular weight is 272 g/mol. The molecule has 1 N–H and O–H groups in total. The maximum atomic E-state index is 11.7. The Bertz CT molecular complexity index is 514. The van der Waals surface area contributed by atoms with Gasteiger partial charge in [-0.3, -0.25) is 14.5 Å². The highest BCUT2D eigenvalue weighted by Crippen LogP contribution is 2.10. The third-order valence-electron chi connectivity index (χ3n) is 2.19. The minimum Gasteiger partial charge on any atom is -0.469 e. The molecule has 1 aromatic rings. The molecule has 6 nitrogen and oxygen atoms in total. The van der Waals surface area contributed by atoms with Crippen LogP contribution in [0.15, 0.2) is 18.3 Å². The van der Waals surface area contributed by atoms with Crippen molar-refractivity contribution in [1.29, 1.82) is 0 Å². The van der Waals surface area contributed by atoms with Crippen LogP contribution >= 0.6 is 0 Å². The molecule has 0 aliphatic carbocycles. The topological polar surface area (TPSA) is 85.4 Å². The molecular formula is C11H16N2O4S. The summed E-state index contributed by atoms with van der Waals surface area (Å²) >= 11 is 0. The average Bonchev–Trinajstić information content (AvgIpc) is 2.27. The fourth-order valence-corrected chi connectivity index (χ4v) is 2.46. The molecule has 0 spiro atoms. The Morgan fingerprint density at radius 1 is 1.50 bits per heavy atom. The van der Waals surface area contributed by atoms with Crippen LogP contribution < -0.4 is 4.72 Å². The lowest BCUT2D eigenvalue weighted by Gasteiger charge is -2.07. The molecule has 0 saturated carbocycles. The number of nitrogens with one attached hydrogen (secondary N) is 1. The molecule has 1 heterocycles. The van der Waals surface area contributed by atoms with Crippen LogP contribution in [0.1, 0.15) is 18.5 Å². The van der Waals surface area contributed by atoms with Crippen molar-refractivity contribution in [2.24, 2.45) is 0 Å². The quantitative estimate of drug-likeness (QED) is 0.783. The Hall–Kier alpha value is -1.63. The molecule has 0 radical (unpaired) electrons. The van der Waals surface area contributed by atoms with E-state index in [2.05, 4.69) is 14.4 Å². The number of nitrogens with zero attached hydrogens (tertiary/aromatic N) is 1. The van der Waals surface area contributed by atoms with Gasteiger partial charge < -0.3 is 4.74 Å². The van der Waals surface area contributed by atoms with Gasteiger partial charge in [-0.1, -0.05) is 0 Å². The highest BCUT2D eigenvalue weighted by molar-refractivity contribution is 7.92. The maximum Gasteiger partial charge on any atom is 0.305 e. The first-order valence-electron chi connectivity index (χ1n) is 5.43. The monoisotopic (exact) mass is 272 g/mol. The van der Waals surface area contributed by atoms with Crippen molar-refractivity contribution in [2.45, 2.75) is 19.8 Å². The van der Waals surface area contributed by atoms with Gasteiger partial charge in [0.1, 0.15) is 0 Å². The molecular weight excluding hydrogens is 256 g/mol. The van der Waals surface area contributed by atoms with Gasteiger partial charge in [-0.2, -0.15) is 0 Å². The Balaban J connectivity index is 2.52. The van der Waals surface area contributed by atoms with Crippen molar-refractivity contribution >= 4 is 21.7 Å². The Morgan fingerprint density at radius 2 is 2.22 bits per heavy atom. The zero-order valence-electron chi connectivity index (χ0n) is 10.3. The van der Waals surface area contributed by atoms with E-state index >= 15 is 0 Å². The first-order chi connectivity index (χ1) is 8.43. The molecule has 0 aliphatic rings. The summed E-state index contributed by atoms with van der Waals surface area (Å²) in [7, 11) is -2.17. The van der Waals surface area contributed by atoms with E-state index in [-0.39, 0.29) is 18.6 Å². The van der Waals surface area contributed by atoms with Gasteiger partial charge in [0.25, 0.3) is 0 Å². The summed E-state index contributed by atoms with van der Waals surface area (Å²) in [6, 6.07) is 3.21. The first-order valence-corrected chi connectivity index (χ1v) is 7.08. The van der Waals surface area contributed by atoms with Gasteiger partial charge in [0.2, 0.25) is 10.0 Å². The number of aryl methyl sites for hydroxylation is 1. The van der Waals surface area contributed by atoms with E-state index < -0.39 is 16.0 Å². The number of hydrogen-bond acceptors (Lipinski definition) is 5. The molecule has 0 saturated heterocycles. The number of pyridine rings is 1. The minimum absolute atomic E-state index is 0.0901. The van der Waals surface area contributed by atoms with E-state index in [4.69, 9.17) is 0 Å². The SMILES string of the molecule is COC(=O)CCCS(=O)(=O)Nc1ccnc(C)c1. The first kappa shape index (κ1) is 14.4. The van der Waals surface area contributed by atoms with Crippen molar-refractivity contribution < 1.29 is 17.9 Å². The lowest BCUT2D eigenvalue weighted by atomic mass is 10.3. The van der Waals surface area contributed by atoms with E-state index in [1.54, 1.807) is 19.1 Å².